The average molecular weight is 205 g/mol. The van der Waals surface area contributed by atoms with Crippen LogP contribution in [0.25, 0.3) is 0 Å². The van der Waals surface area contributed by atoms with Crippen LogP contribution in [0.5, 0.6) is 0 Å². The van der Waals surface area contributed by atoms with Crippen molar-refractivity contribution in [3.05, 3.63) is 0 Å². The van der Waals surface area contributed by atoms with Gasteiger partial charge in [-0.05, 0) is 12.8 Å². The molecule has 76 valence electrons. The number of hydrogen-bond acceptors (Lipinski definition) is 4. The summed E-state index contributed by atoms with van der Waals surface area (Å²) in [6.45, 7) is 0.470. The largest absolute Gasteiger partial charge is 0.385 e. The van der Waals surface area contributed by atoms with Crippen LogP contribution in [-0.4, -0.2) is 33.6 Å². The van der Waals surface area contributed by atoms with Crippen molar-refractivity contribution < 1.29 is 13.2 Å². The Labute approximate surface area is 79.4 Å². The van der Waals surface area contributed by atoms with Gasteiger partial charge in [-0.3, -0.25) is 0 Å². The number of nitrogens with zero attached hydrogens (tertiary/aromatic N) is 1. The molecule has 0 spiro atoms. The number of nitriles is 1. The Morgan fingerprint density at radius 3 is 2.46 bits per heavy atom. The van der Waals surface area contributed by atoms with Crippen molar-refractivity contribution in [1.29, 1.82) is 5.26 Å². The second-order valence-corrected chi connectivity index (χ2v) is 5.06. The van der Waals surface area contributed by atoms with E-state index in [2.05, 4.69) is 0 Å². The fraction of sp³-hybridized carbons (Fsp3) is 0.875. The highest BCUT2D eigenvalue weighted by Gasteiger charge is 2.09. The molecule has 0 bridgehead atoms. The van der Waals surface area contributed by atoms with E-state index in [9.17, 15) is 8.42 Å². The molecule has 0 unspecified atom stereocenters. The number of hydrogen-bond donors (Lipinski definition) is 0. The van der Waals surface area contributed by atoms with Crippen molar-refractivity contribution in [3.63, 3.8) is 0 Å². The van der Waals surface area contributed by atoms with Gasteiger partial charge in [-0.25, -0.2) is 8.42 Å². The molecule has 0 aliphatic carbocycles. The number of rotatable bonds is 7. The molecule has 0 saturated carbocycles. The van der Waals surface area contributed by atoms with Crippen LogP contribution in [0.15, 0.2) is 0 Å². The van der Waals surface area contributed by atoms with Crippen LogP contribution in [-0.2, 0) is 14.6 Å². The van der Waals surface area contributed by atoms with E-state index in [4.69, 9.17) is 10.00 Å². The third-order valence-corrected chi connectivity index (χ3v) is 3.37. The van der Waals surface area contributed by atoms with Gasteiger partial charge in [0.1, 0.15) is 9.84 Å². The van der Waals surface area contributed by atoms with Crippen LogP contribution >= 0.6 is 0 Å². The first-order valence-electron chi connectivity index (χ1n) is 4.18. The predicted molar refractivity (Wildman–Crippen MR) is 50.0 cm³/mol. The Bertz CT molecular complexity index is 253. The highest BCUT2D eigenvalue weighted by Crippen LogP contribution is 1.99. The maximum atomic E-state index is 11.2. The van der Waals surface area contributed by atoms with Gasteiger partial charge in [0.05, 0.1) is 17.6 Å². The van der Waals surface area contributed by atoms with Crippen LogP contribution < -0.4 is 0 Å². The molecule has 0 aliphatic rings. The summed E-state index contributed by atoms with van der Waals surface area (Å²) < 4.78 is 27.2. The van der Waals surface area contributed by atoms with E-state index in [-0.39, 0.29) is 11.5 Å². The minimum atomic E-state index is -2.96. The minimum absolute atomic E-state index is 0.115. The molecule has 13 heavy (non-hydrogen) atoms. The zero-order valence-electron chi connectivity index (χ0n) is 7.82. The van der Waals surface area contributed by atoms with Gasteiger partial charge in [0.25, 0.3) is 0 Å². The molecule has 0 aromatic rings. The molecular weight excluding hydrogens is 190 g/mol. The van der Waals surface area contributed by atoms with E-state index in [1.807, 2.05) is 6.07 Å². The summed E-state index contributed by atoms with van der Waals surface area (Å²) in [7, 11) is -1.41. The zero-order chi connectivity index (χ0) is 10.2. The van der Waals surface area contributed by atoms with Gasteiger partial charge in [0.15, 0.2) is 0 Å². The lowest BCUT2D eigenvalue weighted by Crippen LogP contribution is -2.12. The Hall–Kier alpha value is -0.600. The summed E-state index contributed by atoms with van der Waals surface area (Å²) in [4.78, 5) is 0. The highest BCUT2D eigenvalue weighted by molar-refractivity contribution is 7.91. The molecule has 0 heterocycles. The lowest BCUT2D eigenvalue weighted by Gasteiger charge is -2.01. The smallest absolute Gasteiger partial charge is 0.150 e. The quantitative estimate of drug-likeness (QED) is 0.575. The Morgan fingerprint density at radius 1 is 1.31 bits per heavy atom. The number of sulfone groups is 1. The van der Waals surface area contributed by atoms with E-state index in [0.29, 0.717) is 25.9 Å². The summed E-state index contributed by atoms with van der Waals surface area (Å²) >= 11 is 0. The molecular formula is C8H15NO3S. The van der Waals surface area contributed by atoms with Crippen molar-refractivity contribution in [2.24, 2.45) is 0 Å². The molecule has 0 amide bonds. The molecule has 0 rings (SSSR count). The maximum absolute atomic E-state index is 11.2. The van der Waals surface area contributed by atoms with Gasteiger partial charge in [-0.15, -0.1) is 0 Å². The molecule has 0 saturated heterocycles. The molecule has 0 radical (unpaired) electrons. The normalized spacial score (nSPS) is 11.1. The van der Waals surface area contributed by atoms with Crippen molar-refractivity contribution >= 4 is 9.84 Å². The Kier molecular flexibility index (Phi) is 6.55. The van der Waals surface area contributed by atoms with Crippen molar-refractivity contribution in [1.82, 2.24) is 0 Å². The average Bonchev–Trinajstić information content (AvgIpc) is 2.05. The minimum Gasteiger partial charge on any atom is -0.385 e. The molecule has 4 nitrogen and oxygen atoms in total. The highest BCUT2D eigenvalue weighted by atomic mass is 32.2. The Morgan fingerprint density at radius 2 is 1.92 bits per heavy atom. The predicted octanol–water partition coefficient (Wildman–Crippen LogP) is 0.741. The number of ether oxygens (including phenoxy) is 1. The number of methoxy groups -OCH3 is 1. The van der Waals surface area contributed by atoms with E-state index in [1.165, 1.54) is 0 Å². The second-order valence-electron chi connectivity index (χ2n) is 2.76. The van der Waals surface area contributed by atoms with Gasteiger partial charge in [0.2, 0.25) is 0 Å². The van der Waals surface area contributed by atoms with Crippen LogP contribution in [0, 0.1) is 11.3 Å². The topological polar surface area (TPSA) is 67.2 Å². The lowest BCUT2D eigenvalue weighted by molar-refractivity contribution is 0.199. The maximum Gasteiger partial charge on any atom is 0.150 e. The van der Waals surface area contributed by atoms with Gasteiger partial charge >= 0.3 is 0 Å². The van der Waals surface area contributed by atoms with Crippen LogP contribution in [0.4, 0.5) is 0 Å². The molecule has 5 heteroatoms. The first kappa shape index (κ1) is 12.4. The Balaban J connectivity index is 3.63. The molecule has 0 atom stereocenters. The van der Waals surface area contributed by atoms with Crippen molar-refractivity contribution in [3.8, 4) is 6.07 Å². The summed E-state index contributed by atoms with van der Waals surface area (Å²) in [5.41, 5.74) is 0. The first-order valence-corrected chi connectivity index (χ1v) is 6.01. The fourth-order valence-electron chi connectivity index (χ4n) is 0.896. The van der Waals surface area contributed by atoms with Gasteiger partial charge in [-0.2, -0.15) is 5.26 Å². The van der Waals surface area contributed by atoms with E-state index >= 15 is 0 Å². The molecule has 0 aliphatic heterocycles. The van der Waals surface area contributed by atoms with Crippen LogP contribution in [0.3, 0.4) is 0 Å². The van der Waals surface area contributed by atoms with Crippen LogP contribution in [0.2, 0.25) is 0 Å². The van der Waals surface area contributed by atoms with Crippen molar-refractivity contribution in [2.45, 2.75) is 19.3 Å². The molecule has 0 N–H and O–H groups in total. The van der Waals surface area contributed by atoms with Gasteiger partial charge < -0.3 is 4.74 Å². The van der Waals surface area contributed by atoms with E-state index < -0.39 is 9.84 Å². The van der Waals surface area contributed by atoms with Crippen LogP contribution in [0.1, 0.15) is 19.3 Å². The zero-order valence-corrected chi connectivity index (χ0v) is 8.64. The summed E-state index contributed by atoms with van der Waals surface area (Å²) in [6, 6.07) is 1.92. The second kappa shape index (κ2) is 6.87. The number of unbranched alkanes of at least 4 members (excludes halogenated alkanes) is 1. The molecule has 0 fully saturated rings. The summed E-state index contributed by atoms with van der Waals surface area (Å²) in [5, 5.41) is 8.21. The monoisotopic (exact) mass is 205 g/mol. The molecule has 0 aromatic heterocycles. The van der Waals surface area contributed by atoms with Crippen molar-refractivity contribution in [2.75, 3.05) is 25.2 Å². The summed E-state index contributed by atoms with van der Waals surface area (Å²) in [6.07, 6.45) is 1.28. The summed E-state index contributed by atoms with van der Waals surface area (Å²) in [5.74, 6) is 0.274. The molecule has 0 aromatic carbocycles. The van der Waals surface area contributed by atoms with Gasteiger partial charge in [0, 0.05) is 20.1 Å². The fourth-order valence-corrected chi connectivity index (χ4v) is 2.24. The first-order chi connectivity index (χ1) is 6.12. The van der Waals surface area contributed by atoms with E-state index in [0.717, 1.165) is 0 Å². The third-order valence-electron chi connectivity index (χ3n) is 1.55. The van der Waals surface area contributed by atoms with Gasteiger partial charge in [-0.1, -0.05) is 0 Å². The SMILES string of the molecule is COCCCS(=O)(=O)CCCC#N. The lowest BCUT2D eigenvalue weighted by atomic mass is 10.4. The van der Waals surface area contributed by atoms with E-state index in [1.54, 1.807) is 7.11 Å². The third kappa shape index (κ3) is 7.75. The standard InChI is InChI=1S/C8H15NO3S/c1-12-6-4-8-13(10,11)7-3-2-5-9/h2-4,6-8H2,1H3.